The van der Waals surface area contributed by atoms with Gasteiger partial charge in [0.1, 0.15) is 5.76 Å². The molecule has 0 aromatic rings. The average molecular weight is 204 g/mol. The van der Waals surface area contributed by atoms with E-state index in [0.29, 0.717) is 11.5 Å². The van der Waals surface area contributed by atoms with Crippen LogP contribution in [0.5, 0.6) is 0 Å². The van der Waals surface area contributed by atoms with Gasteiger partial charge in [0.25, 0.3) is 0 Å². The van der Waals surface area contributed by atoms with Crippen molar-refractivity contribution in [3.63, 3.8) is 0 Å². The van der Waals surface area contributed by atoms with Crippen LogP contribution in [0.2, 0.25) is 0 Å². The average Bonchev–Trinajstić information content (AvgIpc) is 2.28. The van der Waals surface area contributed by atoms with Crippen LogP contribution >= 0.6 is 0 Å². The minimum atomic E-state index is -0.305. The van der Waals surface area contributed by atoms with Crippen molar-refractivity contribution in [2.75, 3.05) is 13.7 Å². The molecular formula is C11H12N2O2. The van der Waals surface area contributed by atoms with Gasteiger partial charge in [0, 0.05) is 12.6 Å². The maximum atomic E-state index is 11.7. The van der Waals surface area contributed by atoms with Crippen LogP contribution in [0.25, 0.3) is 0 Å². The second kappa shape index (κ2) is 3.82. The van der Waals surface area contributed by atoms with E-state index in [1.54, 1.807) is 25.3 Å². The summed E-state index contributed by atoms with van der Waals surface area (Å²) in [6.07, 6.45) is 6.86. The van der Waals surface area contributed by atoms with Gasteiger partial charge in [-0.05, 0) is 18.2 Å². The number of carbonyl (C=O) groups excluding carboxylic acids is 1. The fourth-order valence-electron chi connectivity index (χ4n) is 1.60. The molecule has 0 saturated carbocycles. The first-order valence-electron chi connectivity index (χ1n) is 4.71. The molecule has 2 aliphatic rings. The highest BCUT2D eigenvalue weighted by atomic mass is 16.5. The highest BCUT2D eigenvalue weighted by Crippen LogP contribution is 2.21. The zero-order valence-electron chi connectivity index (χ0n) is 8.43. The van der Waals surface area contributed by atoms with Crippen LogP contribution in [0.4, 0.5) is 0 Å². The first kappa shape index (κ1) is 9.86. The molecule has 1 unspecified atom stereocenters. The zero-order valence-corrected chi connectivity index (χ0v) is 8.43. The third-order valence-corrected chi connectivity index (χ3v) is 2.40. The fourth-order valence-corrected chi connectivity index (χ4v) is 1.60. The third-order valence-electron chi connectivity index (χ3n) is 2.40. The summed E-state index contributed by atoms with van der Waals surface area (Å²) in [6.45, 7) is 0.288. The molecule has 1 aliphatic heterocycles. The van der Waals surface area contributed by atoms with E-state index in [1.165, 1.54) is 6.08 Å². The minimum Gasteiger partial charge on any atom is -0.497 e. The van der Waals surface area contributed by atoms with E-state index >= 15 is 0 Å². The highest BCUT2D eigenvalue weighted by Gasteiger charge is 2.26. The summed E-state index contributed by atoms with van der Waals surface area (Å²) in [4.78, 5) is 16.0. The number of methoxy groups -OCH3 is 1. The van der Waals surface area contributed by atoms with Crippen molar-refractivity contribution in [2.24, 2.45) is 16.6 Å². The SMILES string of the molecule is COC1=CC2C(=O)C=C(CN)N=C2C=C1. The van der Waals surface area contributed by atoms with E-state index in [9.17, 15) is 4.79 Å². The van der Waals surface area contributed by atoms with E-state index in [0.717, 1.165) is 5.71 Å². The molecule has 0 fully saturated rings. The number of hydrogen-bond acceptors (Lipinski definition) is 4. The van der Waals surface area contributed by atoms with Crippen molar-refractivity contribution in [1.29, 1.82) is 0 Å². The lowest BCUT2D eigenvalue weighted by Crippen LogP contribution is -2.26. The van der Waals surface area contributed by atoms with Crippen molar-refractivity contribution in [1.82, 2.24) is 0 Å². The van der Waals surface area contributed by atoms with Crippen LogP contribution in [-0.4, -0.2) is 25.1 Å². The van der Waals surface area contributed by atoms with Crippen LogP contribution in [-0.2, 0) is 9.53 Å². The normalized spacial score (nSPS) is 24.0. The highest BCUT2D eigenvalue weighted by molar-refractivity contribution is 6.18. The topological polar surface area (TPSA) is 64.7 Å². The Kier molecular flexibility index (Phi) is 2.51. The number of aliphatic imine (C=N–C) groups is 1. The summed E-state index contributed by atoms with van der Waals surface area (Å²) in [5, 5.41) is 0. The molecule has 2 rings (SSSR count). The second-order valence-electron chi connectivity index (χ2n) is 3.36. The fraction of sp³-hybridized carbons (Fsp3) is 0.273. The third kappa shape index (κ3) is 1.76. The van der Waals surface area contributed by atoms with E-state index in [2.05, 4.69) is 4.99 Å². The van der Waals surface area contributed by atoms with Crippen molar-refractivity contribution in [2.45, 2.75) is 0 Å². The molecule has 2 N–H and O–H groups in total. The second-order valence-corrected chi connectivity index (χ2v) is 3.36. The maximum Gasteiger partial charge on any atom is 0.170 e. The monoisotopic (exact) mass is 204 g/mol. The first-order chi connectivity index (χ1) is 7.24. The summed E-state index contributed by atoms with van der Waals surface area (Å²) in [6, 6.07) is 0. The molecular weight excluding hydrogens is 192 g/mol. The Labute approximate surface area is 87.8 Å². The van der Waals surface area contributed by atoms with Gasteiger partial charge in [-0.3, -0.25) is 9.79 Å². The number of fused-ring (bicyclic) bond motifs is 1. The Morgan fingerprint density at radius 1 is 1.53 bits per heavy atom. The summed E-state index contributed by atoms with van der Waals surface area (Å²) >= 11 is 0. The van der Waals surface area contributed by atoms with Crippen molar-refractivity contribution >= 4 is 11.5 Å². The van der Waals surface area contributed by atoms with Crippen molar-refractivity contribution in [3.8, 4) is 0 Å². The van der Waals surface area contributed by atoms with Gasteiger partial charge in [0.05, 0.1) is 24.4 Å². The van der Waals surface area contributed by atoms with Gasteiger partial charge >= 0.3 is 0 Å². The lowest BCUT2D eigenvalue weighted by Gasteiger charge is -2.20. The quantitative estimate of drug-likeness (QED) is 0.715. The zero-order chi connectivity index (χ0) is 10.8. The van der Waals surface area contributed by atoms with Gasteiger partial charge in [0.15, 0.2) is 5.78 Å². The number of nitrogens with zero attached hydrogens (tertiary/aromatic N) is 1. The molecule has 0 radical (unpaired) electrons. The number of ketones is 1. The predicted octanol–water partition coefficient (Wildman–Crippen LogP) is 0.569. The van der Waals surface area contributed by atoms with Crippen LogP contribution in [0.15, 0.2) is 40.8 Å². The van der Waals surface area contributed by atoms with Crippen LogP contribution in [0.1, 0.15) is 0 Å². The molecule has 15 heavy (non-hydrogen) atoms. The number of hydrogen-bond donors (Lipinski definition) is 1. The molecule has 0 aromatic heterocycles. The summed E-state index contributed by atoms with van der Waals surface area (Å²) < 4.78 is 5.06. The Hall–Kier alpha value is -1.68. The number of allylic oxidation sites excluding steroid dienone is 4. The number of rotatable bonds is 2. The molecule has 1 heterocycles. The molecule has 4 heteroatoms. The molecule has 0 saturated heterocycles. The van der Waals surface area contributed by atoms with Gasteiger partial charge in [0.2, 0.25) is 0 Å². The standard InChI is InChI=1S/C11H12N2O2/c1-15-8-2-3-10-9(5-8)11(14)4-7(6-12)13-10/h2-5,9H,6,12H2,1H3. The number of nitrogens with two attached hydrogens (primary N) is 1. The summed E-state index contributed by atoms with van der Waals surface area (Å²) in [5.41, 5.74) is 6.82. The lowest BCUT2D eigenvalue weighted by atomic mass is 9.90. The molecule has 1 atom stereocenters. The molecule has 1 aliphatic carbocycles. The molecule has 0 aromatic carbocycles. The maximum absolute atomic E-state index is 11.7. The first-order valence-corrected chi connectivity index (χ1v) is 4.71. The van der Waals surface area contributed by atoms with Gasteiger partial charge in [-0.1, -0.05) is 0 Å². The lowest BCUT2D eigenvalue weighted by molar-refractivity contribution is -0.115. The van der Waals surface area contributed by atoms with Gasteiger partial charge in [-0.2, -0.15) is 0 Å². The number of carbonyl (C=O) groups is 1. The molecule has 0 amide bonds. The Morgan fingerprint density at radius 3 is 3.00 bits per heavy atom. The van der Waals surface area contributed by atoms with E-state index in [4.69, 9.17) is 10.5 Å². The largest absolute Gasteiger partial charge is 0.497 e. The number of ether oxygens (including phenoxy) is 1. The van der Waals surface area contributed by atoms with Crippen LogP contribution < -0.4 is 5.73 Å². The molecule has 0 spiro atoms. The smallest absolute Gasteiger partial charge is 0.170 e. The molecule has 4 nitrogen and oxygen atoms in total. The van der Waals surface area contributed by atoms with Crippen LogP contribution in [0.3, 0.4) is 0 Å². The van der Waals surface area contributed by atoms with Gasteiger partial charge < -0.3 is 10.5 Å². The Morgan fingerprint density at radius 2 is 2.33 bits per heavy atom. The predicted molar refractivity (Wildman–Crippen MR) is 57.3 cm³/mol. The summed E-state index contributed by atoms with van der Waals surface area (Å²) in [5.74, 6) is 0.400. The van der Waals surface area contributed by atoms with E-state index < -0.39 is 0 Å². The van der Waals surface area contributed by atoms with Crippen molar-refractivity contribution < 1.29 is 9.53 Å². The van der Waals surface area contributed by atoms with E-state index in [1.807, 2.05) is 0 Å². The van der Waals surface area contributed by atoms with Crippen LogP contribution in [0, 0.1) is 5.92 Å². The minimum absolute atomic E-state index is 0.0133. The van der Waals surface area contributed by atoms with Gasteiger partial charge in [-0.25, -0.2) is 0 Å². The Balaban J connectivity index is 2.34. The molecule has 0 bridgehead atoms. The molecule has 78 valence electrons. The van der Waals surface area contributed by atoms with Crippen molar-refractivity contribution in [3.05, 3.63) is 35.8 Å². The summed E-state index contributed by atoms with van der Waals surface area (Å²) in [7, 11) is 1.58. The van der Waals surface area contributed by atoms with E-state index in [-0.39, 0.29) is 18.2 Å². The van der Waals surface area contributed by atoms with Gasteiger partial charge in [-0.15, -0.1) is 0 Å². The Bertz CT molecular complexity index is 416.